The number of likely N-dealkylation sites (tertiary alicyclic amines) is 1. The molecule has 2 aromatic rings. The van der Waals surface area contributed by atoms with Crippen molar-refractivity contribution in [2.24, 2.45) is 0 Å². The van der Waals surface area contributed by atoms with E-state index in [1.807, 2.05) is 60.7 Å². The Morgan fingerprint density at radius 1 is 1.00 bits per heavy atom. The van der Waals surface area contributed by atoms with Crippen molar-refractivity contribution in [1.82, 2.24) is 10.2 Å². The third-order valence-corrected chi connectivity index (χ3v) is 4.30. The van der Waals surface area contributed by atoms with Crippen molar-refractivity contribution in [2.75, 3.05) is 6.54 Å². The molecule has 1 heterocycles. The summed E-state index contributed by atoms with van der Waals surface area (Å²) in [5.74, 6) is -0.127. The molecular weight excluding hydrogens is 316 g/mol. The molecule has 3 rings (SSSR count). The Bertz CT molecular complexity index is 642. The van der Waals surface area contributed by atoms with Gasteiger partial charge in [-0.05, 0) is 24.0 Å². The van der Waals surface area contributed by atoms with Crippen molar-refractivity contribution in [1.29, 1.82) is 0 Å². The summed E-state index contributed by atoms with van der Waals surface area (Å²) in [6, 6.07) is 18.8. The van der Waals surface area contributed by atoms with Gasteiger partial charge in [0.1, 0.15) is 12.6 Å². The van der Waals surface area contributed by atoms with E-state index >= 15 is 0 Å². The van der Waals surface area contributed by atoms with Crippen LogP contribution in [0.15, 0.2) is 60.7 Å². The van der Waals surface area contributed by atoms with Gasteiger partial charge in [0.25, 0.3) is 0 Å². The molecule has 1 aliphatic rings. The number of benzene rings is 2. The maximum atomic E-state index is 12.4. The molecule has 130 valence electrons. The van der Waals surface area contributed by atoms with Gasteiger partial charge in [0, 0.05) is 13.1 Å². The van der Waals surface area contributed by atoms with E-state index in [0.29, 0.717) is 19.5 Å². The number of nitrogens with zero attached hydrogens (tertiary/aromatic N) is 1. The molecule has 0 spiro atoms. The van der Waals surface area contributed by atoms with Gasteiger partial charge in [0.05, 0.1) is 0 Å². The Labute approximate surface area is 147 Å². The molecule has 0 aliphatic carbocycles. The highest BCUT2D eigenvalue weighted by molar-refractivity contribution is 5.86. The van der Waals surface area contributed by atoms with Crippen LogP contribution in [0.25, 0.3) is 0 Å². The Kier molecular flexibility index (Phi) is 5.67. The molecule has 5 nitrogen and oxygen atoms in total. The van der Waals surface area contributed by atoms with Crippen LogP contribution in [0.4, 0.5) is 4.79 Å². The lowest BCUT2D eigenvalue weighted by Crippen LogP contribution is -2.45. The number of amides is 2. The smallest absolute Gasteiger partial charge is 0.410 e. The van der Waals surface area contributed by atoms with Crippen molar-refractivity contribution in [3.05, 3.63) is 71.8 Å². The van der Waals surface area contributed by atoms with Crippen LogP contribution in [0.3, 0.4) is 0 Å². The van der Waals surface area contributed by atoms with Crippen LogP contribution >= 0.6 is 0 Å². The number of nitrogens with one attached hydrogen (secondary N) is 1. The largest absolute Gasteiger partial charge is 0.445 e. The second-order valence-corrected chi connectivity index (χ2v) is 6.10. The molecule has 0 saturated carbocycles. The van der Waals surface area contributed by atoms with Crippen molar-refractivity contribution in [2.45, 2.75) is 32.0 Å². The highest BCUT2D eigenvalue weighted by Crippen LogP contribution is 2.19. The van der Waals surface area contributed by atoms with Gasteiger partial charge in [-0.15, -0.1) is 0 Å². The van der Waals surface area contributed by atoms with E-state index in [0.717, 1.165) is 17.5 Å². The topological polar surface area (TPSA) is 58.6 Å². The maximum Gasteiger partial charge on any atom is 0.410 e. The van der Waals surface area contributed by atoms with Crippen LogP contribution in [0.5, 0.6) is 0 Å². The molecule has 0 aromatic heterocycles. The number of carbonyl (C=O) groups excluding carboxylic acids is 2. The number of hydrogen-bond donors (Lipinski definition) is 1. The van der Waals surface area contributed by atoms with E-state index in [-0.39, 0.29) is 12.5 Å². The fourth-order valence-electron chi connectivity index (χ4n) is 2.96. The molecule has 1 saturated heterocycles. The predicted octanol–water partition coefficient (Wildman–Crippen LogP) is 3.10. The van der Waals surface area contributed by atoms with Crippen molar-refractivity contribution in [3.63, 3.8) is 0 Å². The number of carbonyl (C=O) groups is 2. The van der Waals surface area contributed by atoms with Gasteiger partial charge < -0.3 is 10.1 Å². The molecule has 1 atom stereocenters. The van der Waals surface area contributed by atoms with Crippen LogP contribution in [-0.4, -0.2) is 29.5 Å². The standard InChI is InChI=1S/C20H22N2O3/c23-19(21-14-16-8-3-1-4-9-16)18-12-7-13-22(18)20(24)25-15-17-10-5-2-6-11-17/h1-6,8-11,18H,7,12-15H2,(H,21,23). The van der Waals surface area contributed by atoms with Crippen LogP contribution in [-0.2, 0) is 22.7 Å². The molecule has 2 amide bonds. The van der Waals surface area contributed by atoms with E-state index in [1.54, 1.807) is 0 Å². The Hall–Kier alpha value is -2.82. The summed E-state index contributed by atoms with van der Waals surface area (Å²) in [4.78, 5) is 26.3. The second kappa shape index (κ2) is 8.33. The minimum atomic E-state index is -0.452. The Balaban J connectivity index is 1.52. The molecule has 1 unspecified atom stereocenters. The Morgan fingerprint density at radius 2 is 1.64 bits per heavy atom. The van der Waals surface area contributed by atoms with E-state index in [4.69, 9.17) is 4.74 Å². The molecular formula is C20H22N2O3. The van der Waals surface area contributed by atoms with Gasteiger partial charge in [0.2, 0.25) is 5.91 Å². The minimum absolute atomic E-state index is 0.127. The highest BCUT2D eigenvalue weighted by atomic mass is 16.6. The number of hydrogen-bond acceptors (Lipinski definition) is 3. The fraction of sp³-hybridized carbons (Fsp3) is 0.300. The minimum Gasteiger partial charge on any atom is -0.445 e. The summed E-state index contributed by atoms with van der Waals surface area (Å²) in [6.45, 7) is 1.23. The van der Waals surface area contributed by atoms with Gasteiger partial charge in [-0.2, -0.15) is 0 Å². The lowest BCUT2D eigenvalue weighted by atomic mass is 10.2. The van der Waals surface area contributed by atoms with Gasteiger partial charge in [-0.3, -0.25) is 9.69 Å². The van der Waals surface area contributed by atoms with Crippen LogP contribution < -0.4 is 5.32 Å². The maximum absolute atomic E-state index is 12.4. The van der Waals surface area contributed by atoms with E-state index in [1.165, 1.54) is 4.90 Å². The first-order valence-electron chi connectivity index (χ1n) is 8.53. The van der Waals surface area contributed by atoms with Crippen molar-refractivity contribution >= 4 is 12.0 Å². The van der Waals surface area contributed by atoms with Crippen LogP contribution in [0.2, 0.25) is 0 Å². The first kappa shape index (κ1) is 17.0. The summed E-state index contributed by atoms with van der Waals surface area (Å²) >= 11 is 0. The van der Waals surface area contributed by atoms with E-state index < -0.39 is 12.1 Å². The summed E-state index contributed by atoms with van der Waals surface area (Å²) in [6.07, 6.45) is 1.05. The van der Waals surface area contributed by atoms with Gasteiger partial charge >= 0.3 is 6.09 Å². The van der Waals surface area contributed by atoms with Crippen molar-refractivity contribution in [3.8, 4) is 0 Å². The summed E-state index contributed by atoms with van der Waals surface area (Å²) in [5, 5.41) is 2.91. The number of rotatable bonds is 5. The predicted molar refractivity (Wildman–Crippen MR) is 94.6 cm³/mol. The number of ether oxygens (including phenoxy) is 1. The molecule has 1 fully saturated rings. The van der Waals surface area contributed by atoms with Gasteiger partial charge in [-0.1, -0.05) is 60.7 Å². The average Bonchev–Trinajstić information content (AvgIpc) is 3.16. The quantitative estimate of drug-likeness (QED) is 0.911. The molecule has 1 aliphatic heterocycles. The first-order chi connectivity index (χ1) is 12.2. The van der Waals surface area contributed by atoms with E-state index in [9.17, 15) is 9.59 Å². The first-order valence-corrected chi connectivity index (χ1v) is 8.53. The van der Waals surface area contributed by atoms with Gasteiger partial charge in [-0.25, -0.2) is 4.79 Å². The zero-order chi connectivity index (χ0) is 17.5. The van der Waals surface area contributed by atoms with Crippen LogP contribution in [0.1, 0.15) is 24.0 Å². The fourth-order valence-corrected chi connectivity index (χ4v) is 2.96. The third-order valence-electron chi connectivity index (χ3n) is 4.30. The molecule has 0 bridgehead atoms. The van der Waals surface area contributed by atoms with Crippen LogP contribution in [0, 0.1) is 0 Å². The lowest BCUT2D eigenvalue weighted by Gasteiger charge is -2.23. The zero-order valence-corrected chi connectivity index (χ0v) is 14.1. The normalized spacial score (nSPS) is 16.5. The summed E-state index contributed by atoms with van der Waals surface area (Å²) < 4.78 is 5.36. The Morgan fingerprint density at radius 3 is 2.32 bits per heavy atom. The molecule has 2 aromatic carbocycles. The highest BCUT2D eigenvalue weighted by Gasteiger charge is 2.34. The molecule has 1 N–H and O–H groups in total. The third kappa shape index (κ3) is 4.59. The molecule has 5 heteroatoms. The average molecular weight is 338 g/mol. The summed E-state index contributed by atoms with van der Waals surface area (Å²) in [5.41, 5.74) is 1.96. The zero-order valence-electron chi connectivity index (χ0n) is 14.1. The van der Waals surface area contributed by atoms with Gasteiger partial charge in [0.15, 0.2) is 0 Å². The SMILES string of the molecule is O=C(NCc1ccccc1)C1CCCN1C(=O)OCc1ccccc1. The monoisotopic (exact) mass is 338 g/mol. The molecule has 25 heavy (non-hydrogen) atoms. The summed E-state index contributed by atoms with van der Waals surface area (Å²) in [7, 11) is 0. The van der Waals surface area contributed by atoms with Crippen molar-refractivity contribution < 1.29 is 14.3 Å². The molecule has 0 radical (unpaired) electrons. The second-order valence-electron chi connectivity index (χ2n) is 6.10. The lowest BCUT2D eigenvalue weighted by molar-refractivity contribution is -0.125. The van der Waals surface area contributed by atoms with E-state index in [2.05, 4.69) is 5.32 Å².